The van der Waals surface area contributed by atoms with E-state index in [2.05, 4.69) is 30.8 Å². The highest BCUT2D eigenvalue weighted by molar-refractivity contribution is 7.13. The van der Waals surface area contributed by atoms with Gasteiger partial charge in [0.15, 0.2) is 5.82 Å². The van der Waals surface area contributed by atoms with Gasteiger partial charge in [0.05, 0.1) is 16.3 Å². The Kier molecular flexibility index (Phi) is 7.53. The Morgan fingerprint density at radius 1 is 0.841 bits per heavy atom. The first-order valence-corrected chi connectivity index (χ1v) is 17.2. The van der Waals surface area contributed by atoms with Crippen LogP contribution in [0, 0.1) is 0 Å². The maximum Gasteiger partial charge on any atom is 0.270 e. The summed E-state index contributed by atoms with van der Waals surface area (Å²) in [5.74, 6) is 2.71. The number of amides is 2. The summed E-state index contributed by atoms with van der Waals surface area (Å²) in [6.45, 7) is 4.64. The number of rotatable bonds is 5. The minimum Gasteiger partial charge on any atom is -0.381 e. The first-order valence-electron chi connectivity index (χ1n) is 15.5. The van der Waals surface area contributed by atoms with E-state index in [-0.39, 0.29) is 11.8 Å². The highest BCUT2D eigenvalue weighted by atomic mass is 32.1. The molecule has 0 atom stereocenters. The normalized spacial score (nSPS) is 20.3. The third-order valence-electron chi connectivity index (χ3n) is 9.32. The lowest BCUT2D eigenvalue weighted by Crippen LogP contribution is -2.24. The van der Waals surface area contributed by atoms with Gasteiger partial charge in [-0.05, 0) is 95.5 Å². The fourth-order valence-electron chi connectivity index (χ4n) is 6.74. The summed E-state index contributed by atoms with van der Waals surface area (Å²) in [6, 6.07) is 6.27. The number of aromatic nitrogens is 4. The van der Waals surface area contributed by atoms with Crippen molar-refractivity contribution in [1.29, 1.82) is 0 Å². The van der Waals surface area contributed by atoms with E-state index >= 15 is 0 Å². The average molecular weight is 631 g/mol. The van der Waals surface area contributed by atoms with E-state index in [4.69, 9.17) is 14.5 Å². The fourth-order valence-corrected chi connectivity index (χ4v) is 8.95. The summed E-state index contributed by atoms with van der Waals surface area (Å²) >= 11 is 3.16. The number of anilines is 1. The van der Waals surface area contributed by atoms with Crippen LogP contribution in [-0.2, 0) is 22.6 Å². The first-order chi connectivity index (χ1) is 21.7. The Labute approximate surface area is 263 Å². The molecular weight excluding hydrogens is 597 g/mol. The summed E-state index contributed by atoms with van der Waals surface area (Å²) in [6.07, 6.45) is 8.34. The predicted octanol–water partition coefficient (Wildman–Crippen LogP) is 5.68. The summed E-state index contributed by atoms with van der Waals surface area (Å²) in [4.78, 5) is 32.9. The van der Waals surface area contributed by atoms with Crippen molar-refractivity contribution in [3.05, 3.63) is 67.3 Å². The van der Waals surface area contributed by atoms with Crippen LogP contribution in [0.3, 0.4) is 0 Å². The molecule has 0 radical (unpaired) electrons. The zero-order chi connectivity index (χ0) is 29.6. The van der Waals surface area contributed by atoms with Crippen molar-refractivity contribution in [1.82, 2.24) is 25.1 Å². The fraction of sp³-hybridized carbons (Fsp3) is 0.469. The minimum absolute atomic E-state index is 0.0524. The molecule has 0 bridgehead atoms. The number of fused-ring (bicyclic) bond motifs is 2. The highest BCUT2D eigenvalue weighted by Crippen LogP contribution is 2.41. The molecule has 4 aromatic heterocycles. The van der Waals surface area contributed by atoms with Gasteiger partial charge in [-0.15, -0.1) is 32.9 Å². The predicted molar refractivity (Wildman–Crippen MR) is 167 cm³/mol. The molecule has 0 unspecified atom stereocenters. The van der Waals surface area contributed by atoms with Crippen LogP contribution in [0.5, 0.6) is 0 Å². The second-order valence-corrected chi connectivity index (χ2v) is 13.8. The summed E-state index contributed by atoms with van der Waals surface area (Å²) in [5.41, 5.74) is 5.90. The van der Waals surface area contributed by atoms with Gasteiger partial charge in [-0.1, -0.05) is 6.07 Å². The highest BCUT2D eigenvalue weighted by Gasteiger charge is 2.36. The molecule has 1 aliphatic carbocycles. The van der Waals surface area contributed by atoms with Crippen molar-refractivity contribution in [2.75, 3.05) is 31.3 Å². The SMILES string of the molecule is O=C1NCc2c(C3CCOCC3)csc21.O=C1c2scc(C3CCOCC3)c2CN1c1cccc(-c2nncn2C2CC2)n1. The molecule has 4 aliphatic heterocycles. The van der Waals surface area contributed by atoms with Crippen LogP contribution in [0.15, 0.2) is 35.3 Å². The number of carbonyl (C=O) groups excluding carboxylic acids is 2. The van der Waals surface area contributed by atoms with Crippen LogP contribution in [0.25, 0.3) is 11.5 Å². The molecule has 9 rings (SSSR count). The number of nitrogens with zero attached hydrogens (tertiary/aromatic N) is 5. The molecule has 228 valence electrons. The van der Waals surface area contributed by atoms with E-state index < -0.39 is 0 Å². The van der Waals surface area contributed by atoms with Crippen molar-refractivity contribution < 1.29 is 19.1 Å². The first kappa shape index (κ1) is 28.1. The third kappa shape index (κ3) is 5.17. The Balaban J connectivity index is 0.000000162. The van der Waals surface area contributed by atoms with Crippen molar-refractivity contribution >= 4 is 40.3 Å². The second kappa shape index (κ2) is 11.8. The van der Waals surface area contributed by atoms with Crippen LogP contribution in [0.4, 0.5) is 5.82 Å². The molecule has 2 saturated heterocycles. The van der Waals surface area contributed by atoms with Gasteiger partial charge in [0.2, 0.25) is 0 Å². The lowest BCUT2D eigenvalue weighted by molar-refractivity contribution is 0.0851. The molecule has 4 aromatic rings. The van der Waals surface area contributed by atoms with Crippen LogP contribution in [0.2, 0.25) is 0 Å². The van der Waals surface area contributed by atoms with Crippen molar-refractivity contribution in [3.63, 3.8) is 0 Å². The molecule has 12 heteroatoms. The average Bonchev–Trinajstić information content (AvgIpc) is 3.48. The van der Waals surface area contributed by atoms with Gasteiger partial charge >= 0.3 is 0 Å². The van der Waals surface area contributed by atoms with Gasteiger partial charge in [0.25, 0.3) is 11.8 Å². The van der Waals surface area contributed by atoms with Crippen molar-refractivity contribution in [3.8, 4) is 11.5 Å². The largest absolute Gasteiger partial charge is 0.381 e. The standard InChI is InChI=1S/C21H21N5O2S.C11H13NO2S/c27-21-19-15(16(11-29-19)13-6-8-28-9-7-13)10-25(21)18-3-1-2-17(23-18)20-24-22-12-26(20)14-4-5-14;13-11-10-8(5-12-11)9(6-15-10)7-1-3-14-4-2-7/h1-3,11-14H,4-10H2;6-7H,1-5H2,(H,12,13). The van der Waals surface area contributed by atoms with E-state index in [0.29, 0.717) is 30.2 Å². The van der Waals surface area contributed by atoms with Crippen LogP contribution < -0.4 is 10.2 Å². The number of pyridine rings is 1. The molecular formula is C32H34N6O4S2. The molecule has 0 aromatic carbocycles. The lowest BCUT2D eigenvalue weighted by atomic mass is 9.91. The third-order valence-corrected chi connectivity index (χ3v) is 11.4. The maximum absolute atomic E-state index is 13.1. The van der Waals surface area contributed by atoms with Crippen LogP contribution in [0.1, 0.15) is 98.0 Å². The van der Waals surface area contributed by atoms with Crippen LogP contribution in [-0.4, -0.2) is 58.0 Å². The molecule has 8 heterocycles. The summed E-state index contributed by atoms with van der Waals surface area (Å²) in [7, 11) is 0. The van der Waals surface area contributed by atoms with Gasteiger partial charge in [-0.2, -0.15) is 0 Å². The molecule has 0 spiro atoms. The maximum atomic E-state index is 13.1. The number of hydrogen-bond donors (Lipinski definition) is 1. The molecule has 1 N–H and O–H groups in total. The molecule has 5 aliphatic rings. The van der Waals surface area contributed by atoms with Crippen LogP contribution >= 0.6 is 22.7 Å². The van der Waals surface area contributed by atoms with Gasteiger partial charge in [-0.25, -0.2) is 4.98 Å². The molecule has 10 nitrogen and oxygen atoms in total. The Hall–Kier alpha value is -3.45. The van der Waals surface area contributed by atoms with E-state index in [1.807, 2.05) is 18.2 Å². The summed E-state index contributed by atoms with van der Waals surface area (Å²) in [5, 5.41) is 15.6. The van der Waals surface area contributed by atoms with Gasteiger partial charge in [0.1, 0.15) is 17.8 Å². The molecule has 3 fully saturated rings. The Bertz CT molecular complexity index is 1700. The van der Waals surface area contributed by atoms with Crippen molar-refractivity contribution in [2.24, 2.45) is 0 Å². The lowest BCUT2D eigenvalue weighted by Gasteiger charge is -2.23. The smallest absolute Gasteiger partial charge is 0.270 e. The molecule has 44 heavy (non-hydrogen) atoms. The quantitative estimate of drug-likeness (QED) is 0.302. The zero-order valence-electron chi connectivity index (χ0n) is 24.4. The number of thiophene rings is 2. The minimum atomic E-state index is 0.0524. The Morgan fingerprint density at radius 2 is 1.52 bits per heavy atom. The number of carbonyl (C=O) groups is 2. The topological polar surface area (TPSA) is 111 Å². The second-order valence-electron chi connectivity index (χ2n) is 12.0. The summed E-state index contributed by atoms with van der Waals surface area (Å²) < 4.78 is 13.0. The van der Waals surface area contributed by atoms with E-state index in [1.54, 1.807) is 33.9 Å². The van der Waals surface area contributed by atoms with E-state index in [0.717, 1.165) is 92.8 Å². The van der Waals surface area contributed by atoms with Gasteiger partial charge < -0.3 is 19.4 Å². The van der Waals surface area contributed by atoms with E-state index in [9.17, 15) is 9.59 Å². The Morgan fingerprint density at radius 3 is 2.23 bits per heavy atom. The monoisotopic (exact) mass is 630 g/mol. The van der Waals surface area contributed by atoms with E-state index in [1.165, 1.54) is 22.3 Å². The van der Waals surface area contributed by atoms with Gasteiger partial charge in [-0.3, -0.25) is 14.5 Å². The molecule has 2 amide bonds. The zero-order valence-corrected chi connectivity index (χ0v) is 26.0. The van der Waals surface area contributed by atoms with Crippen molar-refractivity contribution in [2.45, 2.75) is 69.5 Å². The number of ether oxygens (including phenoxy) is 2. The number of nitrogens with one attached hydrogen (secondary N) is 1. The molecule has 1 saturated carbocycles. The van der Waals surface area contributed by atoms with Gasteiger partial charge in [0, 0.05) is 39.0 Å². The number of hydrogen-bond acceptors (Lipinski definition) is 9.